The number of ketones is 1. The molecule has 0 spiro atoms. The predicted octanol–water partition coefficient (Wildman–Crippen LogP) is 1.86. The number of rotatable bonds is 4. The van der Waals surface area contributed by atoms with Crippen molar-refractivity contribution in [1.82, 2.24) is 0 Å². The standard InChI is InChI=1S/C12H11FO4/c1-17-12(16)7-10(14)6-11(15)8-2-4-9(13)5-3-8/h2-6,15H,7H2,1H3. The summed E-state index contributed by atoms with van der Waals surface area (Å²) in [7, 11) is 1.17. The Bertz CT molecular complexity index is 448. The van der Waals surface area contributed by atoms with Gasteiger partial charge in [0.15, 0.2) is 5.78 Å². The van der Waals surface area contributed by atoms with Crippen molar-refractivity contribution in [2.45, 2.75) is 6.42 Å². The molecule has 1 rings (SSSR count). The van der Waals surface area contributed by atoms with Crippen molar-refractivity contribution in [2.24, 2.45) is 0 Å². The zero-order valence-corrected chi connectivity index (χ0v) is 9.14. The van der Waals surface area contributed by atoms with Crippen LogP contribution in [0.2, 0.25) is 0 Å². The van der Waals surface area contributed by atoms with Crippen molar-refractivity contribution >= 4 is 17.5 Å². The van der Waals surface area contributed by atoms with Crippen molar-refractivity contribution < 1.29 is 23.8 Å². The first-order chi connectivity index (χ1) is 8.02. The number of aliphatic hydroxyl groups is 1. The number of halogens is 1. The molecule has 0 saturated heterocycles. The minimum Gasteiger partial charge on any atom is -0.507 e. The fourth-order valence-corrected chi connectivity index (χ4v) is 1.12. The molecule has 90 valence electrons. The lowest BCUT2D eigenvalue weighted by atomic mass is 10.1. The molecule has 0 radical (unpaired) electrons. The molecule has 0 bridgehead atoms. The van der Waals surface area contributed by atoms with Crippen LogP contribution in [0.15, 0.2) is 30.3 Å². The molecule has 1 aromatic carbocycles. The van der Waals surface area contributed by atoms with Crippen molar-refractivity contribution in [3.63, 3.8) is 0 Å². The normalized spacial score (nSPS) is 11.1. The molecule has 0 saturated carbocycles. The van der Waals surface area contributed by atoms with Gasteiger partial charge in [-0.05, 0) is 24.3 Å². The molecule has 1 N–H and O–H groups in total. The maximum Gasteiger partial charge on any atom is 0.313 e. The van der Waals surface area contributed by atoms with Crippen LogP contribution in [0.4, 0.5) is 4.39 Å². The Hall–Kier alpha value is -2.17. The van der Waals surface area contributed by atoms with Gasteiger partial charge in [-0.1, -0.05) is 0 Å². The van der Waals surface area contributed by atoms with E-state index in [1.165, 1.54) is 19.2 Å². The van der Waals surface area contributed by atoms with Gasteiger partial charge in [0, 0.05) is 11.6 Å². The largest absolute Gasteiger partial charge is 0.507 e. The number of esters is 1. The summed E-state index contributed by atoms with van der Waals surface area (Å²) < 4.78 is 16.9. The van der Waals surface area contributed by atoms with Crippen molar-refractivity contribution in [2.75, 3.05) is 7.11 Å². The third-order valence-electron chi connectivity index (χ3n) is 1.98. The smallest absolute Gasteiger partial charge is 0.313 e. The molecule has 17 heavy (non-hydrogen) atoms. The first-order valence-electron chi connectivity index (χ1n) is 4.79. The fourth-order valence-electron chi connectivity index (χ4n) is 1.12. The van der Waals surface area contributed by atoms with Gasteiger partial charge >= 0.3 is 5.97 Å². The third-order valence-corrected chi connectivity index (χ3v) is 1.98. The van der Waals surface area contributed by atoms with Crippen LogP contribution >= 0.6 is 0 Å². The summed E-state index contributed by atoms with van der Waals surface area (Å²) in [6.45, 7) is 0. The first kappa shape index (κ1) is 12.9. The number of hydrogen-bond acceptors (Lipinski definition) is 4. The lowest BCUT2D eigenvalue weighted by molar-refractivity contribution is -0.142. The number of methoxy groups -OCH3 is 1. The molecule has 0 unspecified atom stereocenters. The van der Waals surface area contributed by atoms with Gasteiger partial charge in [0.25, 0.3) is 0 Å². The summed E-state index contributed by atoms with van der Waals surface area (Å²) in [6, 6.07) is 4.97. The highest BCUT2D eigenvalue weighted by molar-refractivity contribution is 6.04. The number of aliphatic hydroxyl groups excluding tert-OH is 1. The second kappa shape index (κ2) is 5.79. The predicted molar refractivity (Wildman–Crippen MR) is 58.6 cm³/mol. The van der Waals surface area contributed by atoms with E-state index in [1.807, 2.05) is 0 Å². The maximum absolute atomic E-state index is 12.6. The molecular formula is C12H11FO4. The van der Waals surface area contributed by atoms with Gasteiger partial charge in [-0.3, -0.25) is 9.59 Å². The van der Waals surface area contributed by atoms with E-state index >= 15 is 0 Å². The monoisotopic (exact) mass is 238 g/mol. The van der Waals surface area contributed by atoms with Crippen LogP contribution in [0.1, 0.15) is 12.0 Å². The average molecular weight is 238 g/mol. The number of carbonyl (C=O) groups excluding carboxylic acids is 2. The highest BCUT2D eigenvalue weighted by Crippen LogP contribution is 2.12. The van der Waals surface area contributed by atoms with Gasteiger partial charge in [0.05, 0.1) is 7.11 Å². The van der Waals surface area contributed by atoms with Gasteiger partial charge in [0.1, 0.15) is 18.0 Å². The molecule has 0 fully saturated rings. The molecule has 0 amide bonds. The Labute approximate surface area is 97.3 Å². The van der Waals surface area contributed by atoms with E-state index in [4.69, 9.17) is 0 Å². The number of allylic oxidation sites excluding steroid dienone is 1. The Morgan fingerprint density at radius 2 is 1.94 bits per heavy atom. The van der Waals surface area contributed by atoms with Crippen molar-refractivity contribution in [1.29, 1.82) is 0 Å². The second-order valence-corrected chi connectivity index (χ2v) is 3.26. The summed E-state index contributed by atoms with van der Waals surface area (Å²) in [5.74, 6) is -2.03. The topological polar surface area (TPSA) is 63.6 Å². The Kier molecular flexibility index (Phi) is 4.39. The summed E-state index contributed by atoms with van der Waals surface area (Å²) in [5.41, 5.74) is 0.296. The van der Waals surface area contributed by atoms with Crippen LogP contribution in [-0.4, -0.2) is 24.0 Å². The van der Waals surface area contributed by atoms with Crippen LogP contribution in [0.5, 0.6) is 0 Å². The van der Waals surface area contributed by atoms with E-state index in [2.05, 4.69) is 4.74 Å². The molecule has 1 aromatic rings. The molecule has 0 aromatic heterocycles. The Morgan fingerprint density at radius 1 is 1.35 bits per heavy atom. The van der Waals surface area contributed by atoms with E-state index in [9.17, 15) is 19.1 Å². The number of ether oxygens (including phenoxy) is 1. The van der Waals surface area contributed by atoms with Gasteiger partial charge in [-0.15, -0.1) is 0 Å². The third kappa shape index (κ3) is 4.06. The SMILES string of the molecule is COC(=O)CC(=O)C=C(O)c1ccc(F)cc1. The fraction of sp³-hybridized carbons (Fsp3) is 0.167. The first-order valence-corrected chi connectivity index (χ1v) is 4.79. The van der Waals surface area contributed by atoms with E-state index in [-0.39, 0.29) is 5.76 Å². The molecule has 5 heteroatoms. The lowest BCUT2D eigenvalue weighted by Gasteiger charge is -2.00. The lowest BCUT2D eigenvalue weighted by Crippen LogP contribution is -2.07. The highest BCUT2D eigenvalue weighted by atomic mass is 19.1. The maximum atomic E-state index is 12.6. The van der Waals surface area contributed by atoms with Crippen LogP contribution in [0.25, 0.3) is 5.76 Å². The summed E-state index contributed by atoms with van der Waals surface area (Å²) in [4.78, 5) is 22.0. The van der Waals surface area contributed by atoms with E-state index < -0.39 is 24.0 Å². The molecule has 0 aliphatic heterocycles. The number of hydrogen-bond donors (Lipinski definition) is 1. The van der Waals surface area contributed by atoms with E-state index in [1.54, 1.807) is 0 Å². The van der Waals surface area contributed by atoms with Crippen LogP contribution in [-0.2, 0) is 14.3 Å². The molecule has 0 atom stereocenters. The molecule has 0 heterocycles. The summed E-state index contributed by atoms with van der Waals surface area (Å²) in [6.07, 6.45) is 0.464. The minimum absolute atomic E-state index is 0.296. The molecule has 0 aliphatic rings. The van der Waals surface area contributed by atoms with Crippen LogP contribution in [0.3, 0.4) is 0 Å². The molecule has 4 nitrogen and oxygen atoms in total. The zero-order chi connectivity index (χ0) is 12.8. The number of carbonyl (C=O) groups is 2. The van der Waals surface area contributed by atoms with Crippen LogP contribution < -0.4 is 0 Å². The van der Waals surface area contributed by atoms with Gasteiger partial charge in [-0.2, -0.15) is 0 Å². The van der Waals surface area contributed by atoms with Crippen molar-refractivity contribution in [3.05, 3.63) is 41.7 Å². The second-order valence-electron chi connectivity index (χ2n) is 3.26. The van der Waals surface area contributed by atoms with E-state index in [0.717, 1.165) is 18.2 Å². The van der Waals surface area contributed by atoms with E-state index in [0.29, 0.717) is 5.56 Å². The minimum atomic E-state index is -0.682. The van der Waals surface area contributed by atoms with Gasteiger partial charge in [-0.25, -0.2) is 4.39 Å². The van der Waals surface area contributed by atoms with Crippen LogP contribution in [0, 0.1) is 5.82 Å². The highest BCUT2D eigenvalue weighted by Gasteiger charge is 2.09. The molecular weight excluding hydrogens is 227 g/mol. The Balaban J connectivity index is 2.75. The van der Waals surface area contributed by atoms with Gasteiger partial charge < -0.3 is 9.84 Å². The number of benzene rings is 1. The Morgan fingerprint density at radius 3 is 2.47 bits per heavy atom. The summed E-state index contributed by atoms with van der Waals surface area (Å²) in [5, 5.41) is 9.53. The molecule has 0 aliphatic carbocycles. The quantitative estimate of drug-likeness (QED) is 0.376. The summed E-state index contributed by atoms with van der Waals surface area (Å²) >= 11 is 0. The zero-order valence-electron chi connectivity index (χ0n) is 9.14. The van der Waals surface area contributed by atoms with Gasteiger partial charge in [0.2, 0.25) is 0 Å². The van der Waals surface area contributed by atoms with Crippen molar-refractivity contribution in [3.8, 4) is 0 Å². The average Bonchev–Trinajstić information content (AvgIpc) is 2.29.